The van der Waals surface area contributed by atoms with Crippen molar-refractivity contribution >= 4 is 29.2 Å². The third-order valence-electron chi connectivity index (χ3n) is 4.79. The molecule has 29 heavy (non-hydrogen) atoms. The zero-order chi connectivity index (χ0) is 21.0. The summed E-state index contributed by atoms with van der Waals surface area (Å²) in [5.41, 5.74) is 0.917. The van der Waals surface area contributed by atoms with Crippen LogP contribution in [-0.2, 0) is 9.59 Å². The predicted molar refractivity (Wildman–Crippen MR) is 109 cm³/mol. The van der Waals surface area contributed by atoms with Crippen LogP contribution in [0.4, 0.5) is 20.6 Å². The van der Waals surface area contributed by atoms with Gasteiger partial charge in [-0.05, 0) is 48.7 Å². The van der Waals surface area contributed by atoms with Crippen LogP contribution in [0.25, 0.3) is 0 Å². The number of nitrogens with zero attached hydrogens (tertiary/aromatic N) is 2. The van der Waals surface area contributed by atoms with Crippen molar-refractivity contribution in [1.29, 1.82) is 0 Å². The minimum atomic E-state index is -0.894. The number of amides is 4. The molecule has 0 spiro atoms. The molecule has 1 heterocycles. The van der Waals surface area contributed by atoms with Crippen LogP contribution in [0, 0.1) is 11.7 Å². The van der Waals surface area contributed by atoms with Gasteiger partial charge in [-0.2, -0.15) is 0 Å². The van der Waals surface area contributed by atoms with E-state index in [2.05, 4.69) is 5.32 Å². The lowest BCUT2D eigenvalue weighted by atomic mass is 10.1. The van der Waals surface area contributed by atoms with Gasteiger partial charge in [-0.3, -0.25) is 9.59 Å². The van der Waals surface area contributed by atoms with E-state index in [4.69, 9.17) is 0 Å². The summed E-state index contributed by atoms with van der Waals surface area (Å²) in [6, 6.07) is 12.7. The fourth-order valence-corrected chi connectivity index (χ4v) is 3.22. The van der Waals surface area contributed by atoms with Crippen LogP contribution >= 0.6 is 0 Å². The number of halogens is 1. The van der Waals surface area contributed by atoms with Crippen molar-refractivity contribution in [3.05, 3.63) is 60.4 Å². The van der Waals surface area contributed by atoms with Crippen molar-refractivity contribution in [2.45, 2.75) is 32.7 Å². The molecule has 152 valence electrons. The highest BCUT2D eigenvalue weighted by Gasteiger charge is 2.46. The smallest absolute Gasteiger partial charge is 0.326 e. The Bertz CT molecular complexity index is 884. The molecule has 0 bridgehead atoms. The summed E-state index contributed by atoms with van der Waals surface area (Å²) in [5, 5.41) is 2.75. The molecule has 4 amide bonds. The molecule has 1 atom stereocenters. The van der Waals surface area contributed by atoms with Crippen molar-refractivity contribution in [2.75, 3.05) is 16.8 Å². The van der Waals surface area contributed by atoms with E-state index < -0.39 is 23.8 Å². The SMILES string of the molecule is CC(C)CCN1C(=O)N(c2ccc(F)cc2)C(=O)[C@H]1CC(=O)Nc1ccccc1. The lowest BCUT2D eigenvalue weighted by molar-refractivity contribution is -0.124. The molecule has 0 aliphatic carbocycles. The van der Waals surface area contributed by atoms with Gasteiger partial charge in [0, 0.05) is 12.2 Å². The monoisotopic (exact) mass is 397 g/mol. The van der Waals surface area contributed by atoms with Gasteiger partial charge in [0.05, 0.1) is 12.1 Å². The van der Waals surface area contributed by atoms with E-state index in [0.717, 1.165) is 4.90 Å². The lowest BCUT2D eigenvalue weighted by Crippen LogP contribution is -2.39. The first-order valence-electron chi connectivity index (χ1n) is 9.62. The van der Waals surface area contributed by atoms with Crippen molar-refractivity contribution < 1.29 is 18.8 Å². The number of carbonyl (C=O) groups excluding carboxylic acids is 3. The minimum absolute atomic E-state index is 0.144. The van der Waals surface area contributed by atoms with Gasteiger partial charge in [-0.1, -0.05) is 32.0 Å². The molecular weight excluding hydrogens is 373 g/mol. The van der Waals surface area contributed by atoms with Crippen LogP contribution in [0.3, 0.4) is 0 Å². The normalized spacial score (nSPS) is 16.6. The summed E-state index contributed by atoms with van der Waals surface area (Å²) in [5.74, 6) is -0.953. The Hall–Kier alpha value is -3.22. The number of urea groups is 1. The molecule has 2 aromatic carbocycles. The van der Waals surface area contributed by atoms with E-state index in [1.54, 1.807) is 24.3 Å². The Morgan fingerprint density at radius 2 is 1.72 bits per heavy atom. The first kappa shape index (κ1) is 20.5. The molecule has 0 saturated carbocycles. The molecule has 3 rings (SSSR count). The zero-order valence-corrected chi connectivity index (χ0v) is 16.5. The summed E-state index contributed by atoms with van der Waals surface area (Å²) in [6.45, 7) is 4.41. The fraction of sp³-hybridized carbons (Fsp3) is 0.318. The first-order valence-corrected chi connectivity index (χ1v) is 9.62. The Morgan fingerprint density at radius 3 is 2.34 bits per heavy atom. The fourth-order valence-electron chi connectivity index (χ4n) is 3.22. The standard InChI is InChI=1S/C22H24FN3O3/c1-15(2)12-13-25-19(14-20(27)24-17-6-4-3-5-7-17)21(28)26(22(25)29)18-10-8-16(23)9-11-18/h3-11,15,19H,12-14H2,1-2H3,(H,24,27)/t19-/m1/s1. The molecule has 1 aliphatic rings. The molecule has 0 unspecified atom stereocenters. The third kappa shape index (κ3) is 4.80. The Kier molecular flexibility index (Phi) is 6.26. The topological polar surface area (TPSA) is 69.7 Å². The molecule has 7 heteroatoms. The maximum Gasteiger partial charge on any atom is 0.332 e. The number of anilines is 2. The molecular formula is C22H24FN3O3. The second kappa shape index (κ2) is 8.86. The predicted octanol–water partition coefficient (Wildman–Crippen LogP) is 4.04. The van der Waals surface area contributed by atoms with Gasteiger partial charge in [0.1, 0.15) is 11.9 Å². The quantitative estimate of drug-likeness (QED) is 0.717. The summed E-state index contributed by atoms with van der Waals surface area (Å²) in [4.78, 5) is 41.0. The zero-order valence-electron chi connectivity index (χ0n) is 16.5. The van der Waals surface area contributed by atoms with Crippen molar-refractivity contribution in [2.24, 2.45) is 5.92 Å². The number of para-hydroxylation sites is 1. The number of hydrogen-bond acceptors (Lipinski definition) is 3. The first-order chi connectivity index (χ1) is 13.9. The number of carbonyl (C=O) groups is 3. The van der Waals surface area contributed by atoms with Crippen LogP contribution in [0.5, 0.6) is 0 Å². The second-order valence-electron chi connectivity index (χ2n) is 7.44. The Balaban J connectivity index is 1.81. The Morgan fingerprint density at radius 1 is 1.07 bits per heavy atom. The third-order valence-corrected chi connectivity index (χ3v) is 4.79. The number of hydrogen-bond donors (Lipinski definition) is 1. The summed E-state index contributed by atoms with van der Waals surface area (Å²) in [6.07, 6.45) is 0.558. The van der Waals surface area contributed by atoms with Gasteiger partial charge >= 0.3 is 6.03 Å². The molecule has 0 radical (unpaired) electrons. The van der Waals surface area contributed by atoms with Crippen LogP contribution < -0.4 is 10.2 Å². The van der Waals surface area contributed by atoms with Gasteiger partial charge < -0.3 is 10.2 Å². The molecule has 0 aromatic heterocycles. The van der Waals surface area contributed by atoms with Gasteiger partial charge in [-0.25, -0.2) is 14.1 Å². The average Bonchev–Trinajstić information content (AvgIpc) is 2.91. The highest BCUT2D eigenvalue weighted by molar-refractivity contribution is 6.22. The molecule has 6 nitrogen and oxygen atoms in total. The van der Waals surface area contributed by atoms with Crippen molar-refractivity contribution in [3.63, 3.8) is 0 Å². The van der Waals surface area contributed by atoms with Gasteiger partial charge in [0.25, 0.3) is 5.91 Å². The Labute approximate surface area is 169 Å². The second-order valence-corrected chi connectivity index (χ2v) is 7.44. The highest BCUT2D eigenvalue weighted by atomic mass is 19.1. The molecule has 1 N–H and O–H groups in total. The largest absolute Gasteiger partial charge is 0.332 e. The minimum Gasteiger partial charge on any atom is -0.326 e. The summed E-state index contributed by atoms with van der Waals surface area (Å²) in [7, 11) is 0. The van der Waals surface area contributed by atoms with Crippen molar-refractivity contribution in [3.8, 4) is 0 Å². The molecule has 2 aromatic rings. The van der Waals surface area contributed by atoms with Crippen LogP contribution in [0.2, 0.25) is 0 Å². The van der Waals surface area contributed by atoms with E-state index >= 15 is 0 Å². The molecule has 1 aliphatic heterocycles. The summed E-state index contributed by atoms with van der Waals surface area (Å²) >= 11 is 0. The van der Waals surface area contributed by atoms with Crippen molar-refractivity contribution in [1.82, 2.24) is 4.90 Å². The maximum atomic E-state index is 13.3. The van der Waals surface area contributed by atoms with E-state index in [9.17, 15) is 18.8 Å². The molecule has 1 fully saturated rings. The van der Waals surface area contributed by atoms with E-state index in [1.165, 1.54) is 29.2 Å². The summed E-state index contributed by atoms with van der Waals surface area (Å²) < 4.78 is 13.3. The average molecular weight is 397 g/mol. The van der Waals surface area contributed by atoms with Gasteiger partial charge in [0.15, 0.2) is 0 Å². The number of imide groups is 1. The molecule has 1 saturated heterocycles. The number of nitrogens with one attached hydrogen (secondary N) is 1. The van der Waals surface area contributed by atoms with E-state index in [-0.39, 0.29) is 12.3 Å². The van der Waals surface area contributed by atoms with Gasteiger partial charge in [0.2, 0.25) is 5.91 Å². The van der Waals surface area contributed by atoms with E-state index in [0.29, 0.717) is 30.3 Å². The van der Waals surface area contributed by atoms with E-state index in [1.807, 2.05) is 19.9 Å². The lowest BCUT2D eigenvalue weighted by Gasteiger charge is -2.22. The van der Waals surface area contributed by atoms with Crippen LogP contribution in [0.15, 0.2) is 54.6 Å². The highest BCUT2D eigenvalue weighted by Crippen LogP contribution is 2.28. The number of rotatable bonds is 7. The maximum absolute atomic E-state index is 13.3. The number of benzene rings is 2. The van der Waals surface area contributed by atoms with Crippen LogP contribution in [0.1, 0.15) is 26.7 Å². The van der Waals surface area contributed by atoms with Gasteiger partial charge in [-0.15, -0.1) is 0 Å². The van der Waals surface area contributed by atoms with Crippen LogP contribution in [-0.4, -0.2) is 35.3 Å².